The molecule has 1 fully saturated rings. The molecule has 2 aromatic heterocycles. The fourth-order valence-electron chi connectivity index (χ4n) is 3.14. The molecule has 2 N–H and O–H groups in total. The van der Waals surface area contributed by atoms with Crippen molar-refractivity contribution in [2.45, 2.75) is 13.5 Å². The number of hydrogen-bond donors (Lipinski definition) is 2. The van der Waals surface area contributed by atoms with Crippen molar-refractivity contribution in [3.8, 4) is 6.01 Å². The number of aromatic nitrogens is 3. The Balaban J connectivity index is 1.42. The molecule has 3 heterocycles. The van der Waals surface area contributed by atoms with Crippen LogP contribution >= 0.6 is 0 Å². The lowest BCUT2D eigenvalue weighted by atomic mass is 10.2. The van der Waals surface area contributed by atoms with E-state index in [1.807, 2.05) is 25.1 Å². The van der Waals surface area contributed by atoms with Crippen molar-refractivity contribution in [3.05, 3.63) is 47.7 Å². The summed E-state index contributed by atoms with van der Waals surface area (Å²) in [6.07, 6.45) is 0. The first-order valence-electron chi connectivity index (χ1n) is 9.42. The van der Waals surface area contributed by atoms with Crippen LogP contribution in [0.4, 0.5) is 5.82 Å². The van der Waals surface area contributed by atoms with Crippen molar-refractivity contribution in [2.75, 3.05) is 37.8 Å². The number of carbonyl (C=O) groups excluding carboxylic acids is 1. The van der Waals surface area contributed by atoms with Crippen LogP contribution in [0.2, 0.25) is 0 Å². The summed E-state index contributed by atoms with van der Waals surface area (Å²) < 4.78 is 10.8. The molecule has 1 aliphatic rings. The number of nitrogens with one attached hydrogen (secondary N) is 2. The third-order valence-corrected chi connectivity index (χ3v) is 4.56. The van der Waals surface area contributed by atoms with Crippen LogP contribution < -0.4 is 15.0 Å². The summed E-state index contributed by atoms with van der Waals surface area (Å²) in [5.74, 6) is 0.755. The van der Waals surface area contributed by atoms with Gasteiger partial charge >= 0.3 is 0 Å². The van der Waals surface area contributed by atoms with Crippen LogP contribution in [0.25, 0.3) is 11.0 Å². The van der Waals surface area contributed by atoms with E-state index in [9.17, 15) is 4.79 Å². The van der Waals surface area contributed by atoms with Crippen molar-refractivity contribution < 1.29 is 14.3 Å². The summed E-state index contributed by atoms with van der Waals surface area (Å²) in [6.45, 7) is 5.88. The van der Waals surface area contributed by atoms with E-state index in [1.165, 1.54) is 0 Å². The summed E-state index contributed by atoms with van der Waals surface area (Å²) in [5.41, 5.74) is 2.91. The van der Waals surface area contributed by atoms with Crippen LogP contribution in [0.1, 0.15) is 23.0 Å². The highest BCUT2D eigenvalue weighted by atomic mass is 16.5. The van der Waals surface area contributed by atoms with Gasteiger partial charge in [0.15, 0.2) is 0 Å². The zero-order valence-corrected chi connectivity index (χ0v) is 15.8. The molecular weight excluding hydrogens is 358 g/mol. The van der Waals surface area contributed by atoms with Gasteiger partial charge in [-0.3, -0.25) is 4.79 Å². The standard InChI is InChI=1S/C20H23N5O3/c1-2-28-20-23-16-7-6-14(12-17(16)24-20)19(26)21-13-15-4-3-5-18(22-15)25-8-10-27-11-9-25/h3-7,12H,2,8-11,13H2,1H3,(H,21,26)(H,23,24). The number of aromatic amines is 1. The fraction of sp³-hybridized carbons (Fsp3) is 0.350. The molecule has 1 aromatic carbocycles. The first-order valence-corrected chi connectivity index (χ1v) is 9.42. The third kappa shape index (κ3) is 4.07. The minimum Gasteiger partial charge on any atom is -0.465 e. The van der Waals surface area contributed by atoms with Gasteiger partial charge in [0.1, 0.15) is 5.82 Å². The molecule has 28 heavy (non-hydrogen) atoms. The van der Waals surface area contributed by atoms with Gasteiger partial charge in [0.25, 0.3) is 11.9 Å². The summed E-state index contributed by atoms with van der Waals surface area (Å²) in [7, 11) is 0. The molecule has 1 aliphatic heterocycles. The average molecular weight is 381 g/mol. The number of rotatable bonds is 6. The van der Waals surface area contributed by atoms with E-state index in [2.05, 4.69) is 25.2 Å². The lowest BCUT2D eigenvalue weighted by molar-refractivity contribution is 0.0950. The quantitative estimate of drug-likeness (QED) is 0.680. The Morgan fingerprint density at radius 1 is 1.25 bits per heavy atom. The molecule has 0 bridgehead atoms. The van der Waals surface area contributed by atoms with Crippen LogP contribution in [-0.4, -0.2) is 53.8 Å². The Bertz CT molecular complexity index is 965. The number of ether oxygens (including phenoxy) is 2. The van der Waals surface area contributed by atoms with Gasteiger partial charge in [0, 0.05) is 18.7 Å². The summed E-state index contributed by atoms with van der Waals surface area (Å²) >= 11 is 0. The first kappa shape index (κ1) is 18.2. The van der Waals surface area contributed by atoms with Gasteiger partial charge in [-0.1, -0.05) is 6.07 Å². The van der Waals surface area contributed by atoms with Crippen LogP contribution in [0, 0.1) is 0 Å². The molecule has 0 saturated carbocycles. The van der Waals surface area contributed by atoms with Crippen molar-refractivity contribution in [2.24, 2.45) is 0 Å². The maximum absolute atomic E-state index is 12.5. The van der Waals surface area contributed by atoms with Crippen molar-refractivity contribution in [1.82, 2.24) is 20.3 Å². The SMILES string of the molecule is CCOc1nc2ccc(C(=O)NCc3cccc(N4CCOCC4)n3)cc2[nH]1. The number of anilines is 1. The van der Waals surface area contributed by atoms with Crippen molar-refractivity contribution in [3.63, 3.8) is 0 Å². The number of imidazole rings is 1. The van der Waals surface area contributed by atoms with Crippen LogP contribution in [0.5, 0.6) is 6.01 Å². The maximum atomic E-state index is 12.5. The fourth-order valence-corrected chi connectivity index (χ4v) is 3.14. The number of hydrogen-bond acceptors (Lipinski definition) is 6. The van der Waals surface area contributed by atoms with Crippen LogP contribution in [0.3, 0.4) is 0 Å². The Hall–Kier alpha value is -3.13. The summed E-state index contributed by atoms with van der Waals surface area (Å²) in [6, 6.07) is 11.7. The second kappa shape index (κ2) is 8.26. The molecule has 0 spiro atoms. The topological polar surface area (TPSA) is 92.4 Å². The Labute approximate surface area is 162 Å². The predicted octanol–water partition coefficient (Wildman–Crippen LogP) is 2.12. The smallest absolute Gasteiger partial charge is 0.294 e. The van der Waals surface area contributed by atoms with Gasteiger partial charge in [-0.15, -0.1) is 0 Å². The molecule has 8 nitrogen and oxygen atoms in total. The van der Waals surface area contributed by atoms with Gasteiger partial charge in [0.05, 0.1) is 43.1 Å². The predicted molar refractivity (Wildman–Crippen MR) is 106 cm³/mol. The molecule has 146 valence electrons. The number of fused-ring (bicyclic) bond motifs is 1. The van der Waals surface area contributed by atoms with E-state index in [0.29, 0.717) is 37.9 Å². The first-order chi connectivity index (χ1) is 13.7. The number of H-pyrrole nitrogens is 1. The van der Waals surface area contributed by atoms with Gasteiger partial charge in [-0.25, -0.2) is 4.98 Å². The molecule has 8 heteroatoms. The van der Waals surface area contributed by atoms with E-state index in [1.54, 1.807) is 18.2 Å². The monoisotopic (exact) mass is 381 g/mol. The van der Waals surface area contributed by atoms with Crippen LogP contribution in [0.15, 0.2) is 36.4 Å². The number of amides is 1. The van der Waals surface area contributed by atoms with Crippen LogP contribution in [-0.2, 0) is 11.3 Å². The lowest BCUT2D eigenvalue weighted by Crippen LogP contribution is -2.37. The van der Waals surface area contributed by atoms with Gasteiger partial charge in [-0.05, 0) is 37.3 Å². The molecule has 0 radical (unpaired) electrons. The van der Waals surface area contributed by atoms with Gasteiger partial charge in [-0.2, -0.15) is 4.98 Å². The van der Waals surface area contributed by atoms with E-state index in [4.69, 9.17) is 9.47 Å². The number of carbonyl (C=O) groups is 1. The summed E-state index contributed by atoms with van der Waals surface area (Å²) in [5, 5.41) is 2.93. The minimum atomic E-state index is -0.159. The Morgan fingerprint density at radius 2 is 2.11 bits per heavy atom. The molecule has 4 rings (SSSR count). The highest BCUT2D eigenvalue weighted by Crippen LogP contribution is 2.18. The largest absolute Gasteiger partial charge is 0.465 e. The molecule has 1 amide bonds. The average Bonchev–Trinajstić information content (AvgIpc) is 3.15. The zero-order valence-electron chi connectivity index (χ0n) is 15.8. The van der Waals surface area contributed by atoms with E-state index in [0.717, 1.165) is 35.6 Å². The highest BCUT2D eigenvalue weighted by Gasteiger charge is 2.13. The lowest BCUT2D eigenvalue weighted by Gasteiger charge is -2.28. The highest BCUT2D eigenvalue weighted by molar-refractivity contribution is 5.97. The van der Waals surface area contributed by atoms with Crippen molar-refractivity contribution >= 4 is 22.8 Å². The number of pyridine rings is 1. The maximum Gasteiger partial charge on any atom is 0.294 e. The molecular formula is C20H23N5O3. The number of morpholine rings is 1. The second-order valence-electron chi connectivity index (χ2n) is 6.48. The summed E-state index contributed by atoms with van der Waals surface area (Å²) in [4.78, 5) is 26.8. The van der Waals surface area contributed by atoms with E-state index >= 15 is 0 Å². The van der Waals surface area contributed by atoms with Gasteiger partial charge in [0.2, 0.25) is 0 Å². The minimum absolute atomic E-state index is 0.159. The molecule has 3 aromatic rings. The van der Waals surface area contributed by atoms with E-state index in [-0.39, 0.29) is 5.91 Å². The Kier molecular flexibility index (Phi) is 5.38. The Morgan fingerprint density at radius 3 is 2.93 bits per heavy atom. The zero-order chi connectivity index (χ0) is 19.3. The third-order valence-electron chi connectivity index (χ3n) is 4.56. The van der Waals surface area contributed by atoms with E-state index < -0.39 is 0 Å². The van der Waals surface area contributed by atoms with Crippen molar-refractivity contribution in [1.29, 1.82) is 0 Å². The molecule has 0 aliphatic carbocycles. The number of benzene rings is 1. The normalized spacial score (nSPS) is 14.2. The number of nitrogens with zero attached hydrogens (tertiary/aromatic N) is 3. The molecule has 0 atom stereocenters. The molecule has 1 saturated heterocycles. The second-order valence-corrected chi connectivity index (χ2v) is 6.48. The van der Waals surface area contributed by atoms with Gasteiger partial charge < -0.3 is 24.7 Å². The molecule has 0 unspecified atom stereocenters.